The Kier molecular flexibility index (Phi) is 5.44. The van der Waals surface area contributed by atoms with E-state index < -0.39 is 0 Å². The van der Waals surface area contributed by atoms with Crippen LogP contribution in [-0.2, 0) is 17.7 Å². The fourth-order valence-corrected chi connectivity index (χ4v) is 2.21. The van der Waals surface area contributed by atoms with E-state index in [0.717, 1.165) is 35.1 Å². The Morgan fingerprint density at radius 1 is 1.30 bits per heavy atom. The van der Waals surface area contributed by atoms with Crippen LogP contribution >= 0.6 is 11.6 Å². The first-order chi connectivity index (χ1) is 9.70. The molecule has 0 saturated carbocycles. The summed E-state index contributed by atoms with van der Waals surface area (Å²) in [6, 6.07) is 5.81. The lowest BCUT2D eigenvalue weighted by atomic mass is 10.1. The Labute approximate surface area is 124 Å². The number of nitrogens with zero attached hydrogens (tertiary/aromatic N) is 2. The highest BCUT2D eigenvalue weighted by molar-refractivity contribution is 6.31. The number of aryl methyl sites for hydroxylation is 3. The molecular formula is C15H19ClN2O2. The number of imidazole rings is 1. The first-order valence-corrected chi connectivity index (χ1v) is 6.96. The number of ether oxygens (including phenoxy) is 2. The van der Waals surface area contributed by atoms with Crippen molar-refractivity contribution >= 4 is 11.6 Å². The number of methoxy groups -OCH3 is 1. The molecule has 0 radical (unpaired) electrons. The van der Waals surface area contributed by atoms with Crippen LogP contribution in [0.15, 0.2) is 30.6 Å². The number of benzene rings is 1. The maximum atomic E-state index is 6.29. The van der Waals surface area contributed by atoms with Crippen LogP contribution < -0.4 is 4.74 Å². The van der Waals surface area contributed by atoms with Crippen molar-refractivity contribution in [1.29, 1.82) is 0 Å². The minimum absolute atomic E-state index is 0.528. The summed E-state index contributed by atoms with van der Waals surface area (Å²) in [5, 5.41) is 0.734. The van der Waals surface area contributed by atoms with E-state index >= 15 is 0 Å². The molecule has 2 aromatic rings. The second-order valence-corrected chi connectivity index (χ2v) is 4.92. The summed E-state index contributed by atoms with van der Waals surface area (Å²) in [4.78, 5) is 4.21. The molecule has 0 aliphatic carbocycles. The quantitative estimate of drug-likeness (QED) is 0.736. The average Bonchev–Trinajstić information content (AvgIpc) is 2.84. The van der Waals surface area contributed by atoms with Crippen LogP contribution in [0.4, 0.5) is 0 Å². The summed E-state index contributed by atoms with van der Waals surface area (Å²) in [6.07, 6.45) is 4.66. The van der Waals surface area contributed by atoms with Gasteiger partial charge in [-0.15, -0.1) is 0 Å². The summed E-state index contributed by atoms with van der Waals surface area (Å²) in [5.74, 6) is 1.79. The molecule has 1 aromatic heterocycles. The lowest BCUT2D eigenvalue weighted by Crippen LogP contribution is -2.05. The maximum absolute atomic E-state index is 6.29. The third-order valence-electron chi connectivity index (χ3n) is 3.13. The van der Waals surface area contributed by atoms with Crippen LogP contribution in [0.25, 0.3) is 0 Å². The van der Waals surface area contributed by atoms with Gasteiger partial charge < -0.3 is 14.0 Å². The number of halogens is 1. The topological polar surface area (TPSA) is 36.3 Å². The first kappa shape index (κ1) is 14.9. The van der Waals surface area contributed by atoms with Crippen molar-refractivity contribution < 1.29 is 9.47 Å². The zero-order chi connectivity index (χ0) is 14.4. The van der Waals surface area contributed by atoms with Gasteiger partial charge in [-0.3, -0.25) is 0 Å². The summed E-state index contributed by atoms with van der Waals surface area (Å²) in [5.41, 5.74) is 1.11. The van der Waals surface area contributed by atoms with Crippen LogP contribution in [0.2, 0.25) is 5.02 Å². The van der Waals surface area contributed by atoms with Gasteiger partial charge in [0.05, 0.1) is 6.61 Å². The van der Waals surface area contributed by atoms with E-state index in [9.17, 15) is 0 Å². The molecule has 0 unspecified atom stereocenters. The van der Waals surface area contributed by atoms with Crippen molar-refractivity contribution in [3.63, 3.8) is 0 Å². The minimum atomic E-state index is 0.528. The second kappa shape index (κ2) is 7.31. The lowest BCUT2D eigenvalue weighted by Gasteiger charge is -2.10. The highest BCUT2D eigenvalue weighted by atomic mass is 35.5. The fourth-order valence-electron chi connectivity index (χ4n) is 1.94. The largest absolute Gasteiger partial charge is 0.491 e. The van der Waals surface area contributed by atoms with Gasteiger partial charge in [-0.1, -0.05) is 17.7 Å². The molecule has 0 fully saturated rings. The van der Waals surface area contributed by atoms with Crippen LogP contribution in [0.3, 0.4) is 0 Å². The van der Waals surface area contributed by atoms with Gasteiger partial charge in [-0.25, -0.2) is 4.98 Å². The number of hydrogen-bond acceptors (Lipinski definition) is 3. The molecule has 0 N–H and O–H groups in total. The summed E-state index contributed by atoms with van der Waals surface area (Å²) in [6.45, 7) is 3.96. The zero-order valence-corrected chi connectivity index (χ0v) is 12.6. The molecule has 0 spiro atoms. The third kappa shape index (κ3) is 3.99. The number of aromatic nitrogens is 2. The van der Waals surface area contributed by atoms with Gasteiger partial charge >= 0.3 is 0 Å². The molecule has 0 atom stereocenters. The molecule has 0 bridgehead atoms. The van der Waals surface area contributed by atoms with Gasteiger partial charge in [-0.2, -0.15) is 0 Å². The molecule has 1 heterocycles. The van der Waals surface area contributed by atoms with Crippen molar-refractivity contribution in [2.24, 2.45) is 0 Å². The third-order valence-corrected chi connectivity index (χ3v) is 3.48. The van der Waals surface area contributed by atoms with E-state index in [4.69, 9.17) is 21.1 Å². The molecule has 108 valence electrons. The van der Waals surface area contributed by atoms with E-state index in [1.807, 2.05) is 37.5 Å². The zero-order valence-electron chi connectivity index (χ0n) is 11.8. The van der Waals surface area contributed by atoms with Crippen LogP contribution in [0, 0.1) is 6.92 Å². The Morgan fingerprint density at radius 2 is 2.15 bits per heavy atom. The molecule has 5 heteroatoms. The van der Waals surface area contributed by atoms with E-state index in [2.05, 4.69) is 9.55 Å². The molecule has 4 nitrogen and oxygen atoms in total. The smallest absolute Gasteiger partial charge is 0.120 e. The summed E-state index contributed by atoms with van der Waals surface area (Å²) >= 11 is 6.29. The van der Waals surface area contributed by atoms with E-state index in [1.165, 1.54) is 0 Å². The van der Waals surface area contributed by atoms with Gasteiger partial charge in [0.15, 0.2) is 0 Å². The van der Waals surface area contributed by atoms with Crippen LogP contribution in [0.1, 0.15) is 11.4 Å². The van der Waals surface area contributed by atoms with Gasteiger partial charge in [0.2, 0.25) is 0 Å². The highest BCUT2D eigenvalue weighted by Crippen LogP contribution is 2.23. The van der Waals surface area contributed by atoms with Crippen molar-refractivity contribution in [1.82, 2.24) is 9.55 Å². The van der Waals surface area contributed by atoms with Crippen molar-refractivity contribution in [2.75, 3.05) is 20.3 Å². The minimum Gasteiger partial charge on any atom is -0.491 e. The van der Waals surface area contributed by atoms with Crippen molar-refractivity contribution in [3.05, 3.63) is 47.0 Å². The standard InChI is InChI=1S/C15H19ClN2O2/c1-12-17-6-8-18(12)7-5-13-3-4-14(11-15(13)16)20-10-9-19-2/h3-4,6,8,11H,5,7,9-10H2,1-2H3. The molecule has 2 rings (SSSR count). The van der Waals surface area contributed by atoms with E-state index in [-0.39, 0.29) is 0 Å². The fraction of sp³-hybridized carbons (Fsp3) is 0.400. The summed E-state index contributed by atoms with van der Waals surface area (Å²) < 4.78 is 12.6. The van der Waals surface area contributed by atoms with Gasteiger partial charge in [0, 0.05) is 31.1 Å². The highest BCUT2D eigenvalue weighted by Gasteiger charge is 2.04. The Hall–Kier alpha value is -1.52. The van der Waals surface area contributed by atoms with Crippen LogP contribution in [-0.4, -0.2) is 29.9 Å². The SMILES string of the molecule is COCCOc1ccc(CCn2ccnc2C)c(Cl)c1. The normalized spacial score (nSPS) is 10.8. The van der Waals surface area contributed by atoms with Gasteiger partial charge in [0.1, 0.15) is 18.2 Å². The Balaban J connectivity index is 1.94. The van der Waals surface area contributed by atoms with Gasteiger partial charge in [0.25, 0.3) is 0 Å². The Bertz CT molecular complexity index is 555. The molecule has 0 saturated heterocycles. The number of rotatable bonds is 7. The maximum Gasteiger partial charge on any atom is 0.120 e. The monoisotopic (exact) mass is 294 g/mol. The molecule has 20 heavy (non-hydrogen) atoms. The average molecular weight is 295 g/mol. The predicted octanol–water partition coefficient (Wildman–Crippen LogP) is 3.11. The van der Waals surface area contributed by atoms with E-state index in [1.54, 1.807) is 7.11 Å². The molecule has 1 aromatic carbocycles. The van der Waals surface area contributed by atoms with Crippen molar-refractivity contribution in [3.8, 4) is 5.75 Å². The number of hydrogen-bond donors (Lipinski definition) is 0. The Morgan fingerprint density at radius 3 is 2.80 bits per heavy atom. The summed E-state index contributed by atoms with van der Waals surface area (Å²) in [7, 11) is 1.65. The first-order valence-electron chi connectivity index (χ1n) is 6.58. The van der Waals surface area contributed by atoms with E-state index in [0.29, 0.717) is 13.2 Å². The molecular weight excluding hydrogens is 276 g/mol. The second-order valence-electron chi connectivity index (χ2n) is 4.51. The molecule has 0 aliphatic rings. The van der Waals surface area contributed by atoms with Crippen LogP contribution in [0.5, 0.6) is 5.75 Å². The predicted molar refractivity (Wildman–Crippen MR) is 79.5 cm³/mol. The lowest BCUT2D eigenvalue weighted by molar-refractivity contribution is 0.146. The molecule has 0 aliphatic heterocycles. The van der Waals surface area contributed by atoms with Gasteiger partial charge in [-0.05, 0) is 31.0 Å². The van der Waals surface area contributed by atoms with Crippen molar-refractivity contribution in [2.45, 2.75) is 19.9 Å². The molecule has 0 amide bonds.